The lowest BCUT2D eigenvalue weighted by molar-refractivity contribution is 0.384. The number of rotatable bonds is 2. The quantitative estimate of drug-likeness (QED) is 0.798. The van der Waals surface area contributed by atoms with Crippen LogP contribution in [0.15, 0.2) is 12.1 Å². The first-order chi connectivity index (χ1) is 6.27. The molecular weight excluding hydrogens is 202 g/mol. The fourth-order valence-electron chi connectivity index (χ4n) is 2.06. The molecule has 0 spiro atoms. The van der Waals surface area contributed by atoms with Crippen molar-refractivity contribution in [1.82, 2.24) is 5.32 Å². The summed E-state index contributed by atoms with van der Waals surface area (Å²) in [6.45, 7) is 3.38. The van der Waals surface area contributed by atoms with Gasteiger partial charge in [0.1, 0.15) is 0 Å². The molecule has 0 saturated carbocycles. The van der Waals surface area contributed by atoms with Crippen molar-refractivity contribution in [3.63, 3.8) is 0 Å². The van der Waals surface area contributed by atoms with Crippen LogP contribution >= 0.6 is 22.9 Å². The lowest BCUT2D eigenvalue weighted by atomic mass is 9.92. The van der Waals surface area contributed by atoms with E-state index in [0.29, 0.717) is 0 Å². The summed E-state index contributed by atoms with van der Waals surface area (Å²) in [5, 5.41) is 3.60. The minimum absolute atomic E-state index is 0.234. The van der Waals surface area contributed by atoms with Gasteiger partial charge in [0.15, 0.2) is 0 Å². The summed E-state index contributed by atoms with van der Waals surface area (Å²) in [7, 11) is 0. The van der Waals surface area contributed by atoms with Crippen LogP contribution in [0.2, 0.25) is 4.34 Å². The monoisotopic (exact) mass is 215 g/mol. The average molecular weight is 216 g/mol. The molecule has 0 aromatic carbocycles. The Morgan fingerprint density at radius 3 is 2.92 bits per heavy atom. The number of halogens is 1. The fraction of sp³-hybridized carbons (Fsp3) is 0.600. The van der Waals surface area contributed by atoms with Crippen LogP contribution < -0.4 is 5.32 Å². The van der Waals surface area contributed by atoms with Gasteiger partial charge in [-0.2, -0.15) is 0 Å². The molecule has 1 aliphatic rings. The van der Waals surface area contributed by atoms with Gasteiger partial charge >= 0.3 is 0 Å². The van der Waals surface area contributed by atoms with Crippen molar-refractivity contribution in [3.8, 4) is 0 Å². The van der Waals surface area contributed by atoms with Gasteiger partial charge in [0.05, 0.1) is 9.88 Å². The highest BCUT2D eigenvalue weighted by Gasteiger charge is 2.34. The highest BCUT2D eigenvalue weighted by molar-refractivity contribution is 7.16. The van der Waals surface area contributed by atoms with E-state index in [4.69, 9.17) is 11.6 Å². The molecule has 1 unspecified atom stereocenters. The van der Waals surface area contributed by atoms with Crippen LogP contribution in [0, 0.1) is 0 Å². The van der Waals surface area contributed by atoms with E-state index in [0.717, 1.165) is 17.3 Å². The Kier molecular flexibility index (Phi) is 2.63. The number of thiophene rings is 1. The molecule has 2 heterocycles. The van der Waals surface area contributed by atoms with E-state index in [-0.39, 0.29) is 5.54 Å². The molecule has 3 heteroatoms. The standard InChI is InChI=1S/C10H14ClNS/c1-2-10(6-3-7-12-10)8-4-5-9(11)13-8/h4-5,12H,2-3,6-7H2,1H3. The second-order valence-corrected chi connectivity index (χ2v) is 5.28. The van der Waals surface area contributed by atoms with Crippen molar-refractivity contribution in [2.45, 2.75) is 31.7 Å². The topological polar surface area (TPSA) is 12.0 Å². The largest absolute Gasteiger partial charge is 0.307 e. The minimum atomic E-state index is 0.234. The summed E-state index contributed by atoms with van der Waals surface area (Å²) >= 11 is 7.66. The van der Waals surface area contributed by atoms with E-state index in [1.165, 1.54) is 17.7 Å². The molecule has 0 aliphatic carbocycles. The molecule has 1 saturated heterocycles. The van der Waals surface area contributed by atoms with Crippen molar-refractivity contribution in [3.05, 3.63) is 21.3 Å². The average Bonchev–Trinajstić information content (AvgIpc) is 2.73. The van der Waals surface area contributed by atoms with Crippen LogP contribution in [0.4, 0.5) is 0 Å². The van der Waals surface area contributed by atoms with Gasteiger partial charge in [0.2, 0.25) is 0 Å². The zero-order chi connectivity index (χ0) is 9.31. The Hall–Kier alpha value is -0.0500. The molecule has 0 radical (unpaired) electrons. The first-order valence-electron chi connectivity index (χ1n) is 4.78. The van der Waals surface area contributed by atoms with Gasteiger partial charge in [-0.25, -0.2) is 0 Å². The van der Waals surface area contributed by atoms with Gasteiger partial charge in [-0.05, 0) is 37.9 Å². The smallest absolute Gasteiger partial charge is 0.0931 e. The van der Waals surface area contributed by atoms with E-state index < -0.39 is 0 Å². The predicted octanol–water partition coefficient (Wildman–Crippen LogP) is 3.39. The molecule has 2 rings (SSSR count). The second kappa shape index (κ2) is 3.60. The number of hydrogen-bond acceptors (Lipinski definition) is 2. The summed E-state index contributed by atoms with van der Waals surface area (Å²) in [6, 6.07) is 4.16. The van der Waals surface area contributed by atoms with Gasteiger partial charge in [0.25, 0.3) is 0 Å². The Morgan fingerprint density at radius 1 is 1.62 bits per heavy atom. The minimum Gasteiger partial charge on any atom is -0.307 e. The van der Waals surface area contributed by atoms with Gasteiger partial charge < -0.3 is 5.32 Å². The fourth-order valence-corrected chi connectivity index (χ4v) is 3.37. The highest BCUT2D eigenvalue weighted by Crippen LogP contribution is 2.39. The Balaban J connectivity index is 2.30. The Labute approximate surface area is 88.1 Å². The third kappa shape index (κ3) is 1.63. The number of hydrogen-bond donors (Lipinski definition) is 1. The van der Waals surface area contributed by atoms with Crippen LogP contribution in [0.3, 0.4) is 0 Å². The maximum atomic E-state index is 5.95. The van der Waals surface area contributed by atoms with Crippen molar-refractivity contribution < 1.29 is 0 Å². The molecule has 1 aromatic rings. The summed E-state index contributed by atoms with van der Waals surface area (Å²) in [5.74, 6) is 0. The molecule has 0 bridgehead atoms. The van der Waals surface area contributed by atoms with Crippen LogP contribution in [0.25, 0.3) is 0 Å². The summed E-state index contributed by atoms with van der Waals surface area (Å²) in [4.78, 5) is 1.40. The third-order valence-electron chi connectivity index (χ3n) is 2.89. The van der Waals surface area contributed by atoms with Gasteiger partial charge in [-0.3, -0.25) is 0 Å². The van der Waals surface area contributed by atoms with Crippen molar-refractivity contribution >= 4 is 22.9 Å². The van der Waals surface area contributed by atoms with Gasteiger partial charge in [-0.15, -0.1) is 11.3 Å². The maximum Gasteiger partial charge on any atom is 0.0931 e. The first kappa shape index (κ1) is 9.50. The van der Waals surface area contributed by atoms with Crippen molar-refractivity contribution in [2.75, 3.05) is 6.54 Å². The van der Waals surface area contributed by atoms with E-state index in [1.807, 2.05) is 6.07 Å². The second-order valence-electron chi connectivity index (χ2n) is 3.57. The van der Waals surface area contributed by atoms with Crippen LogP contribution in [-0.4, -0.2) is 6.54 Å². The molecule has 1 aromatic heterocycles. The van der Waals surface area contributed by atoms with E-state index in [9.17, 15) is 0 Å². The SMILES string of the molecule is CCC1(c2ccc(Cl)s2)CCCN1. The molecule has 1 aliphatic heterocycles. The van der Waals surface area contributed by atoms with E-state index in [1.54, 1.807) is 11.3 Å². The third-order valence-corrected chi connectivity index (χ3v) is 4.33. The summed E-state index contributed by atoms with van der Waals surface area (Å²) < 4.78 is 0.900. The Morgan fingerprint density at radius 2 is 2.46 bits per heavy atom. The van der Waals surface area contributed by atoms with Gasteiger partial charge in [0, 0.05) is 4.88 Å². The zero-order valence-corrected chi connectivity index (χ0v) is 9.34. The van der Waals surface area contributed by atoms with Crippen molar-refractivity contribution in [2.24, 2.45) is 0 Å². The number of nitrogens with one attached hydrogen (secondary N) is 1. The van der Waals surface area contributed by atoms with Crippen LogP contribution in [0.1, 0.15) is 31.1 Å². The first-order valence-corrected chi connectivity index (χ1v) is 5.97. The summed E-state index contributed by atoms with van der Waals surface area (Å²) in [5.41, 5.74) is 0.234. The molecule has 1 nitrogen and oxygen atoms in total. The lowest BCUT2D eigenvalue weighted by Crippen LogP contribution is -2.34. The molecule has 1 fully saturated rings. The molecular formula is C10H14ClNS. The molecule has 13 heavy (non-hydrogen) atoms. The molecule has 1 atom stereocenters. The zero-order valence-electron chi connectivity index (χ0n) is 7.77. The van der Waals surface area contributed by atoms with Gasteiger partial charge in [-0.1, -0.05) is 18.5 Å². The molecule has 1 N–H and O–H groups in total. The maximum absolute atomic E-state index is 5.95. The Bertz CT molecular complexity index is 289. The highest BCUT2D eigenvalue weighted by atomic mass is 35.5. The normalized spacial score (nSPS) is 28.2. The van der Waals surface area contributed by atoms with Crippen molar-refractivity contribution in [1.29, 1.82) is 0 Å². The summed E-state index contributed by atoms with van der Waals surface area (Å²) in [6.07, 6.45) is 3.69. The lowest BCUT2D eigenvalue weighted by Gasteiger charge is -2.26. The van der Waals surface area contributed by atoms with E-state index in [2.05, 4.69) is 18.3 Å². The van der Waals surface area contributed by atoms with Crippen LogP contribution in [0.5, 0.6) is 0 Å². The molecule has 0 amide bonds. The van der Waals surface area contributed by atoms with E-state index >= 15 is 0 Å². The predicted molar refractivity (Wildman–Crippen MR) is 58.5 cm³/mol. The molecule has 72 valence electrons. The van der Waals surface area contributed by atoms with Crippen LogP contribution in [-0.2, 0) is 5.54 Å².